The van der Waals surface area contributed by atoms with E-state index in [1.807, 2.05) is 42.0 Å². The Morgan fingerprint density at radius 3 is 2.46 bits per heavy atom. The Balaban J connectivity index is 1.76. The van der Waals surface area contributed by atoms with Gasteiger partial charge in [0.15, 0.2) is 0 Å². The molecular formula is C20H18ClN3O2. The summed E-state index contributed by atoms with van der Waals surface area (Å²) in [5.74, 6) is -0.520. The highest BCUT2D eigenvalue weighted by atomic mass is 35.5. The molecule has 0 amide bonds. The molecule has 0 spiro atoms. The van der Waals surface area contributed by atoms with Crippen molar-refractivity contribution in [2.45, 2.75) is 19.9 Å². The molecule has 0 radical (unpaired) electrons. The third-order valence-corrected chi connectivity index (χ3v) is 4.12. The third-order valence-electron chi connectivity index (χ3n) is 3.87. The van der Waals surface area contributed by atoms with Gasteiger partial charge in [-0.15, -0.1) is 0 Å². The zero-order valence-electron chi connectivity index (χ0n) is 14.3. The van der Waals surface area contributed by atoms with Crippen molar-refractivity contribution in [1.29, 1.82) is 0 Å². The molecule has 3 rings (SSSR count). The first kappa shape index (κ1) is 17.9. The van der Waals surface area contributed by atoms with Crippen LogP contribution in [0.1, 0.15) is 27.9 Å². The van der Waals surface area contributed by atoms with E-state index in [1.165, 1.54) is 0 Å². The Bertz CT molecular complexity index is 886. The molecule has 0 aliphatic carbocycles. The molecule has 0 fully saturated rings. The second-order valence-corrected chi connectivity index (χ2v) is 6.28. The van der Waals surface area contributed by atoms with Gasteiger partial charge in [-0.05, 0) is 36.8 Å². The first-order valence-corrected chi connectivity index (χ1v) is 8.56. The van der Waals surface area contributed by atoms with Crippen molar-refractivity contribution < 1.29 is 9.63 Å². The van der Waals surface area contributed by atoms with Gasteiger partial charge in [0.05, 0.1) is 17.6 Å². The summed E-state index contributed by atoms with van der Waals surface area (Å²) < 4.78 is 1.95. The molecule has 0 aliphatic heterocycles. The lowest BCUT2D eigenvalue weighted by atomic mass is 10.1. The number of nitrogens with zero attached hydrogens (tertiary/aromatic N) is 3. The summed E-state index contributed by atoms with van der Waals surface area (Å²) in [5.41, 5.74) is 3.16. The highest BCUT2D eigenvalue weighted by Crippen LogP contribution is 2.12. The normalized spacial score (nSPS) is 11.4. The van der Waals surface area contributed by atoms with Gasteiger partial charge in [-0.25, -0.2) is 9.78 Å². The maximum Gasteiger partial charge on any atom is 0.365 e. The number of hydrogen-bond acceptors (Lipinski definition) is 4. The smallest absolute Gasteiger partial charge is 0.337 e. The second-order valence-electron chi connectivity index (χ2n) is 5.84. The van der Waals surface area contributed by atoms with E-state index in [4.69, 9.17) is 16.4 Å². The predicted molar refractivity (Wildman–Crippen MR) is 101 cm³/mol. The molecule has 26 heavy (non-hydrogen) atoms. The number of halogens is 1. The van der Waals surface area contributed by atoms with Crippen LogP contribution in [0.4, 0.5) is 0 Å². The summed E-state index contributed by atoms with van der Waals surface area (Å²) in [5, 5.41) is 4.68. The maximum absolute atomic E-state index is 12.2. The monoisotopic (exact) mass is 367 g/mol. The second kappa shape index (κ2) is 8.45. The van der Waals surface area contributed by atoms with Crippen molar-refractivity contribution in [2.24, 2.45) is 5.16 Å². The van der Waals surface area contributed by atoms with Crippen molar-refractivity contribution in [2.75, 3.05) is 0 Å². The van der Waals surface area contributed by atoms with Gasteiger partial charge in [0, 0.05) is 30.4 Å². The van der Waals surface area contributed by atoms with E-state index in [0.29, 0.717) is 29.3 Å². The third kappa shape index (κ3) is 4.80. The Labute approximate surface area is 156 Å². The Morgan fingerprint density at radius 2 is 1.81 bits per heavy atom. The van der Waals surface area contributed by atoms with E-state index in [9.17, 15) is 4.79 Å². The van der Waals surface area contributed by atoms with Crippen LogP contribution in [0.3, 0.4) is 0 Å². The van der Waals surface area contributed by atoms with Gasteiger partial charge in [-0.1, -0.05) is 46.6 Å². The van der Waals surface area contributed by atoms with Crippen molar-refractivity contribution in [1.82, 2.24) is 9.55 Å². The predicted octanol–water partition coefficient (Wildman–Crippen LogP) is 4.50. The number of carbonyl (C=O) groups excluding carboxylic acids is 1. The Hall–Kier alpha value is -2.92. The lowest BCUT2D eigenvalue weighted by molar-refractivity contribution is 0.0515. The molecule has 0 aliphatic rings. The van der Waals surface area contributed by atoms with Gasteiger partial charge in [-0.2, -0.15) is 0 Å². The molecule has 2 aromatic carbocycles. The lowest BCUT2D eigenvalue weighted by Gasteiger charge is -2.08. The molecule has 1 aromatic heterocycles. The number of rotatable bonds is 6. The highest BCUT2D eigenvalue weighted by molar-refractivity contribution is 6.30. The molecule has 0 saturated carbocycles. The van der Waals surface area contributed by atoms with Crippen molar-refractivity contribution in [3.05, 3.63) is 89.0 Å². The Morgan fingerprint density at radius 1 is 1.12 bits per heavy atom. The molecule has 0 N–H and O–H groups in total. The van der Waals surface area contributed by atoms with E-state index in [0.717, 1.165) is 11.1 Å². The van der Waals surface area contributed by atoms with E-state index in [2.05, 4.69) is 10.1 Å². The van der Waals surface area contributed by atoms with Crippen molar-refractivity contribution in [3.8, 4) is 0 Å². The average molecular weight is 368 g/mol. The molecule has 0 unspecified atom stereocenters. The number of aryl methyl sites for hydroxylation is 2. The van der Waals surface area contributed by atoms with Gasteiger partial charge in [0.2, 0.25) is 0 Å². The van der Waals surface area contributed by atoms with Crippen LogP contribution in [-0.2, 0) is 11.4 Å². The van der Waals surface area contributed by atoms with Crippen LogP contribution in [0.25, 0.3) is 0 Å². The van der Waals surface area contributed by atoms with Crippen LogP contribution in [0.15, 0.2) is 72.4 Å². The maximum atomic E-state index is 12.2. The zero-order chi connectivity index (χ0) is 18.4. The minimum absolute atomic E-state index is 0.399. The molecule has 132 valence electrons. The molecular weight excluding hydrogens is 350 g/mol. The fourth-order valence-corrected chi connectivity index (χ4v) is 2.50. The number of oxime groups is 1. The Kier molecular flexibility index (Phi) is 5.81. The zero-order valence-corrected chi connectivity index (χ0v) is 15.1. The average Bonchev–Trinajstić information content (AvgIpc) is 3.17. The van der Waals surface area contributed by atoms with E-state index in [1.54, 1.807) is 36.8 Å². The van der Waals surface area contributed by atoms with E-state index < -0.39 is 5.97 Å². The molecule has 1 heterocycles. The minimum atomic E-state index is -0.520. The van der Waals surface area contributed by atoms with Crippen LogP contribution in [0.2, 0.25) is 5.02 Å². The standard InChI is InChI=1S/C20H18ClN3O2/c1-15-2-4-16(5-3-15)19(10-12-24-13-11-22-14-24)23-26-20(25)17-6-8-18(21)9-7-17/h2-9,11,13-14H,10,12H2,1H3/b23-19+. The first-order valence-electron chi connectivity index (χ1n) is 8.18. The minimum Gasteiger partial charge on any atom is -0.337 e. The van der Waals surface area contributed by atoms with Gasteiger partial charge in [0.1, 0.15) is 0 Å². The molecule has 0 atom stereocenters. The number of hydrogen-bond donors (Lipinski definition) is 0. The topological polar surface area (TPSA) is 56.5 Å². The summed E-state index contributed by atoms with van der Waals surface area (Å²) >= 11 is 5.84. The number of benzene rings is 2. The summed E-state index contributed by atoms with van der Waals surface area (Å²) in [6.07, 6.45) is 5.95. The van der Waals surface area contributed by atoms with Crippen LogP contribution < -0.4 is 0 Å². The SMILES string of the molecule is Cc1ccc(/C(CCn2ccnc2)=N/OC(=O)c2ccc(Cl)cc2)cc1. The molecule has 5 nitrogen and oxygen atoms in total. The molecule has 0 saturated heterocycles. The molecule has 0 bridgehead atoms. The quantitative estimate of drug-likeness (QED) is 0.366. The van der Waals surface area contributed by atoms with Gasteiger partial charge < -0.3 is 9.40 Å². The number of aromatic nitrogens is 2. The van der Waals surface area contributed by atoms with Crippen molar-refractivity contribution in [3.63, 3.8) is 0 Å². The largest absolute Gasteiger partial charge is 0.365 e. The highest BCUT2D eigenvalue weighted by Gasteiger charge is 2.10. The molecule has 6 heteroatoms. The van der Waals surface area contributed by atoms with Crippen LogP contribution in [-0.4, -0.2) is 21.2 Å². The first-order chi connectivity index (χ1) is 12.6. The summed E-state index contributed by atoms with van der Waals surface area (Å²) in [6, 6.07) is 14.4. The number of imidazole rings is 1. The fourth-order valence-electron chi connectivity index (χ4n) is 2.38. The van der Waals surface area contributed by atoms with Gasteiger partial charge >= 0.3 is 5.97 Å². The van der Waals surface area contributed by atoms with Gasteiger partial charge in [0.25, 0.3) is 0 Å². The van der Waals surface area contributed by atoms with Crippen molar-refractivity contribution >= 4 is 23.3 Å². The van der Waals surface area contributed by atoms with E-state index >= 15 is 0 Å². The number of carbonyl (C=O) groups is 1. The summed E-state index contributed by atoms with van der Waals surface area (Å²) in [7, 11) is 0. The lowest BCUT2D eigenvalue weighted by Crippen LogP contribution is -2.09. The summed E-state index contributed by atoms with van der Waals surface area (Å²) in [4.78, 5) is 21.4. The van der Waals surface area contributed by atoms with Crippen LogP contribution in [0.5, 0.6) is 0 Å². The fraction of sp³-hybridized carbons (Fsp3) is 0.150. The summed E-state index contributed by atoms with van der Waals surface area (Å²) in [6.45, 7) is 2.71. The molecule has 3 aromatic rings. The van der Waals surface area contributed by atoms with Crippen LogP contribution >= 0.6 is 11.6 Å². The van der Waals surface area contributed by atoms with Gasteiger partial charge in [-0.3, -0.25) is 0 Å². The van der Waals surface area contributed by atoms with E-state index in [-0.39, 0.29) is 0 Å². The van der Waals surface area contributed by atoms with Crippen LogP contribution in [0, 0.1) is 6.92 Å².